The van der Waals surface area contributed by atoms with Gasteiger partial charge in [0.1, 0.15) is 0 Å². The standard InChI is InChI=1S/C35H23N/c1-3-11-24(12-4-1)27-21-34(26-14-5-2-6-15-26)36-35(22-27)33-23-32-28-16-8-7-13-25(28)19-20-31(32)29-17-9-10-18-30(29)33/h1-23H. The first-order chi connectivity index (χ1) is 17.8. The van der Waals surface area contributed by atoms with Gasteiger partial charge in [0, 0.05) is 11.1 Å². The summed E-state index contributed by atoms with van der Waals surface area (Å²) in [6.07, 6.45) is 0. The molecule has 1 nitrogen and oxygen atoms in total. The second kappa shape index (κ2) is 8.48. The summed E-state index contributed by atoms with van der Waals surface area (Å²) in [6, 6.07) is 49.6. The molecule has 0 atom stereocenters. The van der Waals surface area contributed by atoms with Gasteiger partial charge in [-0.05, 0) is 61.6 Å². The third kappa shape index (κ3) is 3.45. The Labute approximate surface area is 210 Å². The van der Waals surface area contributed by atoms with Crippen molar-refractivity contribution in [3.8, 4) is 33.6 Å². The van der Waals surface area contributed by atoms with Crippen LogP contribution in [-0.2, 0) is 0 Å². The van der Waals surface area contributed by atoms with Gasteiger partial charge in [0.05, 0.1) is 11.4 Å². The van der Waals surface area contributed by atoms with Crippen molar-refractivity contribution >= 4 is 32.3 Å². The van der Waals surface area contributed by atoms with Crippen LogP contribution in [0.25, 0.3) is 66.0 Å². The van der Waals surface area contributed by atoms with Crippen LogP contribution in [0.15, 0.2) is 140 Å². The minimum atomic E-state index is 0.981. The average Bonchev–Trinajstić information content (AvgIpc) is 2.97. The third-order valence-electron chi connectivity index (χ3n) is 7.04. The molecule has 0 unspecified atom stereocenters. The Kier molecular flexibility index (Phi) is 4.85. The largest absolute Gasteiger partial charge is 0.248 e. The molecule has 0 amide bonds. The van der Waals surface area contributed by atoms with Crippen LogP contribution in [-0.4, -0.2) is 4.98 Å². The number of nitrogens with zero attached hydrogens (tertiary/aromatic N) is 1. The maximum Gasteiger partial charge on any atom is 0.0722 e. The molecule has 7 aromatic rings. The van der Waals surface area contributed by atoms with Crippen LogP contribution in [0.3, 0.4) is 0 Å². The lowest BCUT2D eigenvalue weighted by Crippen LogP contribution is -1.93. The molecule has 0 N–H and O–H groups in total. The average molecular weight is 458 g/mol. The topological polar surface area (TPSA) is 12.9 Å². The predicted octanol–water partition coefficient (Wildman–Crippen LogP) is 9.54. The molecule has 1 heterocycles. The van der Waals surface area contributed by atoms with Gasteiger partial charge < -0.3 is 0 Å². The molecule has 0 aliphatic heterocycles. The minimum Gasteiger partial charge on any atom is -0.248 e. The highest BCUT2D eigenvalue weighted by Gasteiger charge is 2.14. The highest BCUT2D eigenvalue weighted by Crippen LogP contribution is 2.39. The summed E-state index contributed by atoms with van der Waals surface area (Å²) in [4.78, 5) is 5.24. The van der Waals surface area contributed by atoms with Crippen molar-refractivity contribution in [3.63, 3.8) is 0 Å². The van der Waals surface area contributed by atoms with Gasteiger partial charge in [-0.25, -0.2) is 4.98 Å². The number of rotatable bonds is 3. The Morgan fingerprint density at radius 2 is 0.917 bits per heavy atom. The normalized spacial score (nSPS) is 11.3. The Bertz CT molecular complexity index is 1810. The van der Waals surface area contributed by atoms with Gasteiger partial charge in [0.15, 0.2) is 0 Å². The van der Waals surface area contributed by atoms with Gasteiger partial charge >= 0.3 is 0 Å². The molecule has 0 aliphatic rings. The molecule has 36 heavy (non-hydrogen) atoms. The summed E-state index contributed by atoms with van der Waals surface area (Å²) in [5.74, 6) is 0. The number of hydrogen-bond donors (Lipinski definition) is 0. The van der Waals surface area contributed by atoms with Gasteiger partial charge in [-0.3, -0.25) is 0 Å². The Morgan fingerprint density at radius 1 is 0.333 bits per heavy atom. The number of benzene rings is 6. The van der Waals surface area contributed by atoms with E-state index in [4.69, 9.17) is 4.98 Å². The number of aromatic nitrogens is 1. The van der Waals surface area contributed by atoms with E-state index < -0.39 is 0 Å². The predicted molar refractivity (Wildman–Crippen MR) is 153 cm³/mol. The van der Waals surface area contributed by atoms with Gasteiger partial charge in [0.2, 0.25) is 0 Å². The molecule has 0 radical (unpaired) electrons. The van der Waals surface area contributed by atoms with Crippen molar-refractivity contribution in [1.29, 1.82) is 0 Å². The summed E-state index contributed by atoms with van der Waals surface area (Å²) in [7, 11) is 0. The maximum absolute atomic E-state index is 5.24. The summed E-state index contributed by atoms with van der Waals surface area (Å²) in [5.41, 5.74) is 6.60. The van der Waals surface area contributed by atoms with Crippen molar-refractivity contribution in [2.24, 2.45) is 0 Å². The first-order valence-electron chi connectivity index (χ1n) is 12.3. The zero-order valence-corrected chi connectivity index (χ0v) is 19.7. The van der Waals surface area contributed by atoms with E-state index in [9.17, 15) is 0 Å². The van der Waals surface area contributed by atoms with Gasteiger partial charge in [-0.2, -0.15) is 0 Å². The second-order valence-corrected chi connectivity index (χ2v) is 9.21. The van der Waals surface area contributed by atoms with E-state index in [0.29, 0.717) is 0 Å². The fourth-order valence-electron chi connectivity index (χ4n) is 5.30. The first kappa shape index (κ1) is 20.6. The second-order valence-electron chi connectivity index (χ2n) is 9.21. The molecule has 0 spiro atoms. The molecule has 0 aliphatic carbocycles. The number of hydrogen-bond acceptors (Lipinski definition) is 1. The fourth-order valence-corrected chi connectivity index (χ4v) is 5.30. The molecular weight excluding hydrogens is 434 g/mol. The molecule has 7 rings (SSSR count). The minimum absolute atomic E-state index is 0.981. The highest BCUT2D eigenvalue weighted by atomic mass is 14.7. The molecule has 1 heteroatoms. The van der Waals surface area contributed by atoms with Crippen LogP contribution in [0.4, 0.5) is 0 Å². The van der Waals surface area contributed by atoms with Crippen LogP contribution in [0.2, 0.25) is 0 Å². The first-order valence-corrected chi connectivity index (χ1v) is 12.3. The highest BCUT2D eigenvalue weighted by molar-refractivity contribution is 6.20. The van der Waals surface area contributed by atoms with Crippen molar-refractivity contribution in [2.75, 3.05) is 0 Å². The lowest BCUT2D eigenvalue weighted by molar-refractivity contribution is 1.33. The van der Waals surface area contributed by atoms with Gasteiger partial charge in [-0.1, -0.05) is 121 Å². The van der Waals surface area contributed by atoms with E-state index in [1.165, 1.54) is 43.4 Å². The van der Waals surface area contributed by atoms with Crippen molar-refractivity contribution < 1.29 is 0 Å². The van der Waals surface area contributed by atoms with E-state index in [2.05, 4.69) is 133 Å². The summed E-state index contributed by atoms with van der Waals surface area (Å²) in [5, 5.41) is 7.53. The maximum atomic E-state index is 5.24. The summed E-state index contributed by atoms with van der Waals surface area (Å²) >= 11 is 0. The van der Waals surface area contributed by atoms with Gasteiger partial charge in [0.25, 0.3) is 0 Å². The fraction of sp³-hybridized carbons (Fsp3) is 0. The van der Waals surface area contributed by atoms with Crippen LogP contribution in [0, 0.1) is 0 Å². The molecule has 0 saturated heterocycles. The Morgan fingerprint density at radius 3 is 1.69 bits per heavy atom. The van der Waals surface area contributed by atoms with Crippen LogP contribution < -0.4 is 0 Å². The monoisotopic (exact) mass is 457 g/mol. The van der Waals surface area contributed by atoms with Crippen molar-refractivity contribution in [3.05, 3.63) is 140 Å². The Balaban J connectivity index is 1.58. The number of fused-ring (bicyclic) bond motifs is 5. The SMILES string of the molecule is c1ccc(-c2cc(-c3ccccc3)nc(-c3cc4c5ccccc5ccc4c4ccccc34)c2)cc1. The molecule has 168 valence electrons. The van der Waals surface area contributed by atoms with Crippen LogP contribution in [0.5, 0.6) is 0 Å². The zero-order chi connectivity index (χ0) is 23.9. The van der Waals surface area contributed by atoms with E-state index >= 15 is 0 Å². The van der Waals surface area contributed by atoms with Gasteiger partial charge in [-0.15, -0.1) is 0 Å². The Hall–Kier alpha value is -4.75. The number of pyridine rings is 1. The van der Waals surface area contributed by atoms with E-state index in [-0.39, 0.29) is 0 Å². The van der Waals surface area contributed by atoms with E-state index in [1.807, 2.05) is 6.07 Å². The van der Waals surface area contributed by atoms with E-state index in [0.717, 1.165) is 22.5 Å². The molecular formula is C35H23N. The molecule has 0 fully saturated rings. The molecule has 6 aromatic carbocycles. The molecule has 1 aromatic heterocycles. The van der Waals surface area contributed by atoms with Crippen molar-refractivity contribution in [2.45, 2.75) is 0 Å². The lowest BCUT2D eigenvalue weighted by atomic mass is 9.91. The zero-order valence-electron chi connectivity index (χ0n) is 19.7. The summed E-state index contributed by atoms with van der Waals surface area (Å²) < 4.78 is 0. The molecule has 0 bridgehead atoms. The van der Waals surface area contributed by atoms with Crippen LogP contribution >= 0.6 is 0 Å². The van der Waals surface area contributed by atoms with Crippen molar-refractivity contribution in [1.82, 2.24) is 4.98 Å². The summed E-state index contributed by atoms with van der Waals surface area (Å²) in [6.45, 7) is 0. The van der Waals surface area contributed by atoms with E-state index in [1.54, 1.807) is 0 Å². The lowest BCUT2D eigenvalue weighted by Gasteiger charge is -2.15. The van der Waals surface area contributed by atoms with Crippen LogP contribution in [0.1, 0.15) is 0 Å². The smallest absolute Gasteiger partial charge is 0.0722 e. The third-order valence-corrected chi connectivity index (χ3v) is 7.04. The quantitative estimate of drug-likeness (QED) is 0.241. The molecule has 0 saturated carbocycles.